The summed E-state index contributed by atoms with van der Waals surface area (Å²) in [6.07, 6.45) is 5.51. The summed E-state index contributed by atoms with van der Waals surface area (Å²) in [7, 11) is 0. The summed E-state index contributed by atoms with van der Waals surface area (Å²) in [5.41, 5.74) is 2.78. The molecule has 0 saturated heterocycles. The van der Waals surface area contributed by atoms with Gasteiger partial charge in [0.1, 0.15) is 0 Å². The minimum absolute atomic E-state index is 0. The Balaban J connectivity index is 0. The van der Waals surface area contributed by atoms with Gasteiger partial charge in [0.25, 0.3) is 0 Å². The predicted octanol–water partition coefficient (Wildman–Crippen LogP) is -2.74. The fourth-order valence-electron chi connectivity index (χ4n) is 1.75. The number of halogens is 2. The van der Waals surface area contributed by atoms with Crippen LogP contribution >= 0.6 is 0 Å². The molecule has 0 N–H and O–H groups in total. The van der Waals surface area contributed by atoms with Crippen LogP contribution in [0.25, 0.3) is 6.08 Å². The molecule has 0 heterocycles. The molecular formula is C12H13Cl2Zr. The van der Waals surface area contributed by atoms with Gasteiger partial charge >= 0.3 is 26.2 Å². The molecule has 1 aliphatic carbocycles. The molecule has 79 valence electrons. The second-order valence-electron chi connectivity index (χ2n) is 3.66. The molecule has 1 radical (unpaired) electrons. The predicted molar refractivity (Wildman–Crippen MR) is 51.7 cm³/mol. The molecule has 2 rings (SSSR count). The summed E-state index contributed by atoms with van der Waals surface area (Å²) in [6.45, 7) is 4.49. The first-order chi connectivity index (χ1) is 5.79. The van der Waals surface area contributed by atoms with Crippen LogP contribution in [-0.4, -0.2) is 0 Å². The molecular weight excluding hydrogens is 306 g/mol. The third-order valence-electron chi connectivity index (χ3n) is 2.42. The second kappa shape index (κ2) is 7.66. The van der Waals surface area contributed by atoms with Crippen molar-refractivity contribution in [1.82, 2.24) is 0 Å². The van der Waals surface area contributed by atoms with Crippen LogP contribution in [0.4, 0.5) is 0 Å². The Kier molecular flexibility index (Phi) is 9.09. The first kappa shape index (κ1) is 17.8. The molecule has 0 bridgehead atoms. The Morgan fingerprint density at radius 1 is 1.13 bits per heavy atom. The quantitative estimate of drug-likeness (QED) is 0.493. The van der Waals surface area contributed by atoms with Crippen LogP contribution in [0.3, 0.4) is 0 Å². The van der Waals surface area contributed by atoms with Crippen LogP contribution in [0.1, 0.15) is 30.9 Å². The van der Waals surface area contributed by atoms with Gasteiger partial charge in [-0.2, -0.15) is 5.56 Å². The van der Waals surface area contributed by atoms with Gasteiger partial charge in [-0.15, -0.1) is 11.6 Å². The van der Waals surface area contributed by atoms with Crippen LogP contribution in [-0.2, 0) is 26.2 Å². The zero-order valence-electron chi connectivity index (χ0n) is 8.80. The van der Waals surface area contributed by atoms with E-state index < -0.39 is 0 Å². The van der Waals surface area contributed by atoms with Gasteiger partial charge in [0.2, 0.25) is 0 Å². The average Bonchev–Trinajstić information content (AvgIpc) is 2.47. The van der Waals surface area contributed by atoms with Crippen molar-refractivity contribution in [3.63, 3.8) is 0 Å². The molecule has 0 spiro atoms. The Labute approximate surface area is 123 Å². The van der Waals surface area contributed by atoms with E-state index >= 15 is 0 Å². The van der Waals surface area contributed by atoms with Crippen LogP contribution < -0.4 is 24.8 Å². The van der Waals surface area contributed by atoms with Crippen LogP contribution in [0, 0.1) is 12.0 Å². The number of hydrogen-bond donors (Lipinski definition) is 0. The Hall–Kier alpha value is 0.423. The summed E-state index contributed by atoms with van der Waals surface area (Å²) in [5.74, 6) is 1.17. The van der Waals surface area contributed by atoms with Crippen molar-refractivity contribution in [3.05, 3.63) is 41.5 Å². The van der Waals surface area contributed by atoms with Crippen LogP contribution in [0.5, 0.6) is 0 Å². The van der Waals surface area contributed by atoms with E-state index in [4.69, 9.17) is 0 Å². The molecule has 0 aromatic heterocycles. The maximum Gasteiger partial charge on any atom is 3.00 e. The van der Waals surface area contributed by atoms with Crippen molar-refractivity contribution in [2.75, 3.05) is 0 Å². The number of allylic oxidation sites excluding steroid dienone is 1. The number of hydrogen-bond acceptors (Lipinski definition) is 0. The molecule has 1 aliphatic rings. The van der Waals surface area contributed by atoms with E-state index in [9.17, 15) is 0 Å². The van der Waals surface area contributed by atoms with Gasteiger partial charge in [0.15, 0.2) is 0 Å². The van der Waals surface area contributed by atoms with E-state index in [-0.39, 0.29) is 51.0 Å². The molecule has 3 heteroatoms. The van der Waals surface area contributed by atoms with Gasteiger partial charge in [-0.25, -0.2) is 6.08 Å². The summed E-state index contributed by atoms with van der Waals surface area (Å²) in [6, 6.07) is 8.55. The Morgan fingerprint density at radius 2 is 1.73 bits per heavy atom. The zero-order chi connectivity index (χ0) is 8.55. The molecule has 0 aliphatic heterocycles. The normalized spacial score (nSPS) is 16.1. The van der Waals surface area contributed by atoms with Gasteiger partial charge < -0.3 is 24.8 Å². The van der Waals surface area contributed by atoms with E-state index in [0.717, 1.165) is 0 Å². The molecule has 0 fully saturated rings. The summed E-state index contributed by atoms with van der Waals surface area (Å²) in [4.78, 5) is 0. The molecule has 1 unspecified atom stereocenters. The van der Waals surface area contributed by atoms with Crippen LogP contribution in [0.2, 0.25) is 0 Å². The summed E-state index contributed by atoms with van der Waals surface area (Å²) < 4.78 is 0. The van der Waals surface area contributed by atoms with Gasteiger partial charge in [-0.3, -0.25) is 6.08 Å². The van der Waals surface area contributed by atoms with Crippen LogP contribution in [0.15, 0.2) is 24.3 Å². The van der Waals surface area contributed by atoms with E-state index in [0.29, 0.717) is 11.8 Å². The Bertz CT molecular complexity index is 321. The van der Waals surface area contributed by atoms with Crippen molar-refractivity contribution >= 4 is 6.08 Å². The molecule has 1 atom stereocenters. The monoisotopic (exact) mass is 317 g/mol. The molecule has 0 nitrogen and oxygen atoms in total. The second-order valence-corrected chi connectivity index (χ2v) is 3.66. The van der Waals surface area contributed by atoms with Gasteiger partial charge in [0, 0.05) is 0 Å². The standard InChI is InChI=1S/C12H13.2ClH.Zr/c1-9(2)11-8-7-10-5-3-4-6-12(10)11;;;/h3-7,9,11H,1-2H3;2*1H;/q-1;;;+3/p-2. The average molecular weight is 319 g/mol. The van der Waals surface area contributed by atoms with E-state index in [2.05, 4.69) is 50.3 Å². The fraction of sp³-hybridized carbons (Fsp3) is 0.333. The maximum absolute atomic E-state index is 3.40. The third kappa shape index (κ3) is 3.73. The van der Waals surface area contributed by atoms with E-state index in [1.165, 1.54) is 11.1 Å². The molecule has 15 heavy (non-hydrogen) atoms. The number of fused-ring (bicyclic) bond motifs is 1. The van der Waals surface area contributed by atoms with Gasteiger partial charge in [-0.05, 0) is 0 Å². The van der Waals surface area contributed by atoms with Crippen molar-refractivity contribution in [2.45, 2.75) is 19.8 Å². The first-order valence-electron chi connectivity index (χ1n) is 4.47. The molecule has 0 saturated carbocycles. The maximum atomic E-state index is 3.40. The minimum atomic E-state index is 0. The van der Waals surface area contributed by atoms with Gasteiger partial charge in [0.05, 0.1) is 0 Å². The third-order valence-corrected chi connectivity index (χ3v) is 2.42. The largest absolute Gasteiger partial charge is 3.00 e. The van der Waals surface area contributed by atoms with Crippen molar-refractivity contribution < 1.29 is 51.0 Å². The SMILES string of the molecule is CC(C)C1[C-]=Cc2ccccc21.[Cl-].[Cl-].[Zr+3]. The van der Waals surface area contributed by atoms with E-state index in [1.807, 2.05) is 0 Å². The van der Waals surface area contributed by atoms with Crippen molar-refractivity contribution in [1.29, 1.82) is 0 Å². The molecule has 0 amide bonds. The Morgan fingerprint density at radius 3 is 2.33 bits per heavy atom. The van der Waals surface area contributed by atoms with E-state index in [1.54, 1.807) is 0 Å². The number of benzene rings is 1. The molecule has 1 aromatic rings. The van der Waals surface area contributed by atoms with Crippen molar-refractivity contribution in [2.24, 2.45) is 5.92 Å². The first-order valence-corrected chi connectivity index (χ1v) is 4.47. The summed E-state index contributed by atoms with van der Waals surface area (Å²) in [5, 5.41) is 0. The summed E-state index contributed by atoms with van der Waals surface area (Å²) >= 11 is 0. The minimum Gasteiger partial charge on any atom is -1.00 e. The van der Waals surface area contributed by atoms with Crippen molar-refractivity contribution in [3.8, 4) is 0 Å². The van der Waals surface area contributed by atoms with Gasteiger partial charge in [-0.1, -0.05) is 43.9 Å². The zero-order valence-corrected chi connectivity index (χ0v) is 12.8. The fourth-order valence-corrected chi connectivity index (χ4v) is 1.75. The molecule has 1 aromatic carbocycles. The smallest absolute Gasteiger partial charge is 1.00 e. The number of rotatable bonds is 1. The topological polar surface area (TPSA) is 0 Å².